The summed E-state index contributed by atoms with van der Waals surface area (Å²) in [5, 5.41) is 13.2. The highest BCUT2D eigenvalue weighted by atomic mass is 16.5. The number of aliphatic hydroxyl groups excluding tert-OH is 1. The van der Waals surface area contributed by atoms with Crippen LogP contribution in [0.4, 0.5) is 0 Å². The molecule has 1 aromatic rings. The van der Waals surface area contributed by atoms with Gasteiger partial charge in [-0.05, 0) is 36.7 Å². The summed E-state index contributed by atoms with van der Waals surface area (Å²) in [5.41, 5.74) is 1.45. The Balaban J connectivity index is 1.88. The minimum Gasteiger partial charge on any atom is -0.389 e. The van der Waals surface area contributed by atoms with Crippen LogP contribution >= 0.6 is 0 Å². The first-order valence-electron chi connectivity index (χ1n) is 7.64. The topological polar surface area (TPSA) is 41.5 Å². The summed E-state index contributed by atoms with van der Waals surface area (Å²) < 4.78 is 4.97. The normalized spacial score (nSPS) is 28.2. The van der Waals surface area contributed by atoms with Crippen LogP contribution < -0.4 is 5.32 Å². The zero-order valence-electron chi connectivity index (χ0n) is 12.6. The molecule has 0 spiro atoms. The quantitative estimate of drug-likeness (QED) is 0.839. The number of hydrogen-bond donors (Lipinski definition) is 2. The lowest BCUT2D eigenvalue weighted by Gasteiger charge is -2.34. The summed E-state index contributed by atoms with van der Waals surface area (Å²) in [7, 11) is 1.62. The number of aliphatic hydroxyl groups is 1. The Kier molecular flexibility index (Phi) is 6.02. The second kappa shape index (κ2) is 7.77. The van der Waals surface area contributed by atoms with Gasteiger partial charge in [-0.25, -0.2) is 0 Å². The molecule has 1 aliphatic rings. The molecule has 0 aliphatic heterocycles. The first-order valence-corrected chi connectivity index (χ1v) is 7.64. The molecule has 1 aliphatic carbocycles. The van der Waals surface area contributed by atoms with Gasteiger partial charge in [0, 0.05) is 19.7 Å². The molecule has 0 amide bonds. The molecule has 3 nitrogen and oxygen atoms in total. The van der Waals surface area contributed by atoms with Gasteiger partial charge in [0.15, 0.2) is 0 Å². The predicted octanol–water partition coefficient (Wildman–Crippen LogP) is 2.56. The highest BCUT2D eigenvalue weighted by Crippen LogP contribution is 2.35. The van der Waals surface area contributed by atoms with Gasteiger partial charge in [-0.1, -0.05) is 37.3 Å². The van der Waals surface area contributed by atoms with Crippen LogP contribution in [0.5, 0.6) is 0 Å². The van der Waals surface area contributed by atoms with E-state index in [1.54, 1.807) is 7.11 Å². The predicted molar refractivity (Wildman–Crippen MR) is 81.9 cm³/mol. The Morgan fingerprint density at radius 1 is 1.25 bits per heavy atom. The molecule has 20 heavy (non-hydrogen) atoms. The molecule has 2 N–H and O–H groups in total. The number of methoxy groups -OCH3 is 1. The molecule has 4 atom stereocenters. The molecule has 0 heterocycles. The van der Waals surface area contributed by atoms with Crippen molar-refractivity contribution in [2.24, 2.45) is 5.92 Å². The molecule has 0 radical (unpaired) electrons. The molecule has 0 saturated heterocycles. The number of ether oxygens (including phenoxy) is 1. The van der Waals surface area contributed by atoms with Crippen molar-refractivity contribution in [3.05, 3.63) is 35.9 Å². The SMILES string of the molecule is COCC(O)CNC1CC(C)CC(c2ccccc2)C1. The van der Waals surface area contributed by atoms with Crippen molar-refractivity contribution in [3.63, 3.8) is 0 Å². The average molecular weight is 277 g/mol. The van der Waals surface area contributed by atoms with E-state index in [1.807, 2.05) is 0 Å². The molecule has 1 fully saturated rings. The average Bonchev–Trinajstić information content (AvgIpc) is 2.46. The molecule has 3 heteroatoms. The van der Waals surface area contributed by atoms with Gasteiger partial charge in [0.25, 0.3) is 0 Å². The van der Waals surface area contributed by atoms with E-state index >= 15 is 0 Å². The zero-order valence-corrected chi connectivity index (χ0v) is 12.6. The van der Waals surface area contributed by atoms with Crippen molar-refractivity contribution in [2.75, 3.05) is 20.3 Å². The molecule has 4 unspecified atom stereocenters. The van der Waals surface area contributed by atoms with E-state index in [9.17, 15) is 5.11 Å². The largest absolute Gasteiger partial charge is 0.389 e. The summed E-state index contributed by atoms with van der Waals surface area (Å²) in [6, 6.07) is 11.3. The fraction of sp³-hybridized carbons (Fsp3) is 0.647. The van der Waals surface area contributed by atoms with E-state index in [0.29, 0.717) is 25.1 Å². The Bertz CT molecular complexity index is 382. The van der Waals surface area contributed by atoms with Crippen LogP contribution in [0.15, 0.2) is 30.3 Å². The van der Waals surface area contributed by atoms with Crippen molar-refractivity contribution < 1.29 is 9.84 Å². The monoisotopic (exact) mass is 277 g/mol. The maximum atomic E-state index is 9.74. The van der Waals surface area contributed by atoms with Gasteiger partial charge in [0.1, 0.15) is 0 Å². The lowest BCUT2D eigenvalue weighted by atomic mass is 9.76. The number of rotatable bonds is 6. The highest BCUT2D eigenvalue weighted by molar-refractivity contribution is 5.20. The fourth-order valence-electron chi connectivity index (χ4n) is 3.32. The van der Waals surface area contributed by atoms with Gasteiger partial charge in [-0.3, -0.25) is 0 Å². The van der Waals surface area contributed by atoms with Crippen LogP contribution in [0.1, 0.15) is 37.7 Å². The first-order chi connectivity index (χ1) is 9.69. The smallest absolute Gasteiger partial charge is 0.0897 e. The van der Waals surface area contributed by atoms with Crippen LogP contribution in [0.3, 0.4) is 0 Å². The van der Waals surface area contributed by atoms with Gasteiger partial charge < -0.3 is 15.2 Å². The minimum atomic E-state index is -0.410. The number of benzene rings is 1. The summed E-state index contributed by atoms with van der Waals surface area (Å²) in [4.78, 5) is 0. The third-order valence-electron chi connectivity index (χ3n) is 4.21. The Morgan fingerprint density at radius 2 is 2.00 bits per heavy atom. The van der Waals surface area contributed by atoms with Crippen LogP contribution in [0.2, 0.25) is 0 Å². The molecule has 0 bridgehead atoms. The van der Waals surface area contributed by atoms with Gasteiger partial charge in [0.05, 0.1) is 12.7 Å². The van der Waals surface area contributed by atoms with Crippen molar-refractivity contribution in [3.8, 4) is 0 Å². The molecule has 0 aromatic heterocycles. The van der Waals surface area contributed by atoms with E-state index < -0.39 is 6.10 Å². The van der Waals surface area contributed by atoms with Gasteiger partial charge in [0.2, 0.25) is 0 Å². The van der Waals surface area contributed by atoms with E-state index in [2.05, 4.69) is 42.6 Å². The van der Waals surface area contributed by atoms with Crippen LogP contribution in [-0.2, 0) is 4.74 Å². The number of nitrogens with one attached hydrogen (secondary N) is 1. The maximum Gasteiger partial charge on any atom is 0.0897 e. The van der Waals surface area contributed by atoms with Crippen molar-refractivity contribution in [1.29, 1.82) is 0 Å². The lowest BCUT2D eigenvalue weighted by Crippen LogP contribution is -2.41. The zero-order chi connectivity index (χ0) is 14.4. The fourth-order valence-corrected chi connectivity index (χ4v) is 3.32. The summed E-state index contributed by atoms with van der Waals surface area (Å²) >= 11 is 0. The van der Waals surface area contributed by atoms with Gasteiger partial charge in [-0.2, -0.15) is 0 Å². The number of hydrogen-bond acceptors (Lipinski definition) is 3. The first kappa shape index (κ1) is 15.5. The summed E-state index contributed by atoms with van der Waals surface area (Å²) in [6.07, 6.45) is 3.22. The van der Waals surface area contributed by atoms with Crippen LogP contribution in [0.25, 0.3) is 0 Å². The second-order valence-corrected chi connectivity index (χ2v) is 6.13. The van der Waals surface area contributed by atoms with Crippen molar-refractivity contribution in [2.45, 2.75) is 44.2 Å². The Labute approximate surface area is 122 Å². The Morgan fingerprint density at radius 3 is 2.70 bits per heavy atom. The molecule has 1 aromatic carbocycles. The summed E-state index contributed by atoms with van der Waals surface area (Å²) in [5.74, 6) is 1.36. The molecular weight excluding hydrogens is 250 g/mol. The van der Waals surface area contributed by atoms with Crippen LogP contribution in [0, 0.1) is 5.92 Å². The van der Waals surface area contributed by atoms with Crippen LogP contribution in [-0.4, -0.2) is 37.5 Å². The maximum absolute atomic E-state index is 9.74. The highest BCUT2D eigenvalue weighted by Gasteiger charge is 2.27. The molecule has 2 rings (SSSR count). The van der Waals surface area contributed by atoms with Gasteiger partial charge >= 0.3 is 0 Å². The summed E-state index contributed by atoms with van der Waals surface area (Å²) in [6.45, 7) is 3.35. The Hall–Kier alpha value is -0.900. The molecular formula is C17H27NO2. The molecule has 1 saturated carbocycles. The van der Waals surface area contributed by atoms with E-state index in [4.69, 9.17) is 4.74 Å². The standard InChI is InChI=1S/C17H27NO2/c1-13-8-15(14-6-4-3-5-7-14)10-16(9-13)18-11-17(19)12-20-2/h3-7,13,15-19H,8-12H2,1-2H3. The third kappa shape index (κ3) is 4.58. The van der Waals surface area contributed by atoms with Crippen molar-refractivity contribution >= 4 is 0 Å². The van der Waals surface area contributed by atoms with E-state index in [-0.39, 0.29) is 0 Å². The van der Waals surface area contributed by atoms with Gasteiger partial charge in [-0.15, -0.1) is 0 Å². The minimum absolute atomic E-state index is 0.400. The second-order valence-electron chi connectivity index (χ2n) is 6.13. The molecule has 112 valence electrons. The van der Waals surface area contributed by atoms with Crippen molar-refractivity contribution in [1.82, 2.24) is 5.32 Å². The third-order valence-corrected chi connectivity index (χ3v) is 4.21. The lowest BCUT2D eigenvalue weighted by molar-refractivity contribution is 0.0607. The van der Waals surface area contributed by atoms with E-state index in [1.165, 1.54) is 18.4 Å². The van der Waals surface area contributed by atoms with E-state index in [0.717, 1.165) is 12.3 Å².